The highest BCUT2D eigenvalue weighted by atomic mass is 35.5. The number of halogens is 1. The first-order valence-electron chi connectivity index (χ1n) is 3.86. The Morgan fingerprint density at radius 2 is 2.30 bits per heavy atom. The van der Waals surface area contributed by atoms with Crippen molar-refractivity contribution in [3.05, 3.63) is 0 Å². The second-order valence-corrected chi connectivity index (χ2v) is 4.04. The zero-order valence-corrected chi connectivity index (χ0v) is 6.81. The molecule has 2 nitrogen and oxygen atoms in total. The first-order chi connectivity index (χ1) is 4.70. The molecule has 0 bridgehead atoms. The van der Waals surface area contributed by atoms with Gasteiger partial charge in [-0.1, -0.05) is 6.92 Å². The molecule has 5 atom stereocenters. The fourth-order valence-electron chi connectivity index (χ4n) is 2.04. The van der Waals surface area contributed by atoms with Crippen molar-refractivity contribution < 1.29 is 0 Å². The highest BCUT2D eigenvalue weighted by Crippen LogP contribution is 2.46. The maximum Gasteiger partial charge on any atom is 0.0551 e. The van der Waals surface area contributed by atoms with Gasteiger partial charge in [-0.25, -0.2) is 0 Å². The third-order valence-electron chi connectivity index (χ3n) is 2.67. The molecule has 0 aromatic rings. The van der Waals surface area contributed by atoms with E-state index in [1.165, 1.54) is 0 Å². The quantitative estimate of drug-likeness (QED) is 0.507. The smallest absolute Gasteiger partial charge is 0.0551 e. The Balaban J connectivity index is 2.03. The molecule has 2 fully saturated rings. The molecule has 5 unspecified atom stereocenters. The molecule has 0 aromatic carbocycles. The minimum atomic E-state index is 0.181. The van der Waals surface area contributed by atoms with Crippen LogP contribution in [-0.2, 0) is 0 Å². The van der Waals surface area contributed by atoms with E-state index < -0.39 is 0 Å². The molecule has 2 rings (SSSR count). The summed E-state index contributed by atoms with van der Waals surface area (Å²) in [7, 11) is 0. The van der Waals surface area contributed by atoms with Crippen molar-refractivity contribution in [2.45, 2.75) is 30.9 Å². The fraction of sp³-hybridized carbons (Fsp3) is 1.00. The highest BCUT2D eigenvalue weighted by molar-refractivity contribution is 6.23. The van der Waals surface area contributed by atoms with Crippen LogP contribution in [0.25, 0.3) is 0 Å². The van der Waals surface area contributed by atoms with Gasteiger partial charge < -0.3 is 5.73 Å². The molecular formula is C7H13ClN2. The van der Waals surface area contributed by atoms with Gasteiger partial charge >= 0.3 is 0 Å². The predicted octanol–water partition coefficient (Wildman–Crippen LogP) is 0.506. The number of alkyl halides is 1. The molecule has 1 aliphatic carbocycles. The standard InChI is InChI=1S/C7H13ClN2/c1-3-2-4(9)10-7-5(3)6(7)8/h3-7,10H,2,9H2,1H3. The summed E-state index contributed by atoms with van der Waals surface area (Å²) in [5, 5.41) is 3.63. The van der Waals surface area contributed by atoms with Gasteiger partial charge in [0.05, 0.1) is 11.5 Å². The highest BCUT2D eigenvalue weighted by Gasteiger charge is 2.54. The van der Waals surface area contributed by atoms with Crippen LogP contribution in [0.4, 0.5) is 0 Å². The number of nitrogens with two attached hydrogens (primary N) is 1. The van der Waals surface area contributed by atoms with Gasteiger partial charge in [0.2, 0.25) is 0 Å². The van der Waals surface area contributed by atoms with Gasteiger partial charge in [0.25, 0.3) is 0 Å². The molecule has 2 aliphatic rings. The van der Waals surface area contributed by atoms with Crippen molar-refractivity contribution in [3.63, 3.8) is 0 Å². The molecular weight excluding hydrogens is 148 g/mol. The summed E-state index contributed by atoms with van der Waals surface area (Å²) in [6.07, 6.45) is 1.25. The SMILES string of the molecule is CC1CC(N)NC2C(Cl)C12. The number of piperidine rings is 1. The normalized spacial score (nSPS) is 59.7. The van der Waals surface area contributed by atoms with Gasteiger partial charge in [-0.05, 0) is 18.3 Å². The van der Waals surface area contributed by atoms with Gasteiger partial charge in [0.15, 0.2) is 0 Å². The van der Waals surface area contributed by atoms with Gasteiger partial charge in [0, 0.05) is 6.04 Å². The summed E-state index contributed by atoms with van der Waals surface area (Å²) >= 11 is 6.00. The lowest BCUT2D eigenvalue weighted by Gasteiger charge is -2.23. The topological polar surface area (TPSA) is 38.0 Å². The monoisotopic (exact) mass is 160 g/mol. The molecule has 1 saturated heterocycles. The maximum absolute atomic E-state index is 6.00. The van der Waals surface area contributed by atoms with Crippen LogP contribution in [0.2, 0.25) is 0 Å². The summed E-state index contributed by atoms with van der Waals surface area (Å²) < 4.78 is 0. The first-order valence-corrected chi connectivity index (χ1v) is 4.29. The van der Waals surface area contributed by atoms with E-state index in [0.29, 0.717) is 23.3 Å². The summed E-state index contributed by atoms with van der Waals surface area (Å²) in [5.41, 5.74) is 5.73. The van der Waals surface area contributed by atoms with Gasteiger partial charge in [-0.3, -0.25) is 5.32 Å². The third-order valence-corrected chi connectivity index (χ3v) is 3.24. The first kappa shape index (κ1) is 6.89. The number of hydrogen-bond acceptors (Lipinski definition) is 2. The predicted molar refractivity (Wildman–Crippen MR) is 41.8 cm³/mol. The van der Waals surface area contributed by atoms with Crippen molar-refractivity contribution in [2.75, 3.05) is 0 Å². The Bertz CT molecular complexity index is 143. The van der Waals surface area contributed by atoms with Crippen molar-refractivity contribution >= 4 is 11.6 Å². The minimum Gasteiger partial charge on any atom is -0.316 e. The molecule has 3 heteroatoms. The van der Waals surface area contributed by atoms with E-state index in [1.807, 2.05) is 0 Å². The molecule has 0 radical (unpaired) electrons. The second kappa shape index (κ2) is 2.10. The van der Waals surface area contributed by atoms with E-state index >= 15 is 0 Å². The van der Waals surface area contributed by atoms with Crippen LogP contribution < -0.4 is 11.1 Å². The number of rotatable bonds is 0. The van der Waals surface area contributed by atoms with E-state index in [4.69, 9.17) is 17.3 Å². The second-order valence-electron chi connectivity index (χ2n) is 3.53. The molecule has 0 aromatic heterocycles. The van der Waals surface area contributed by atoms with Gasteiger partial charge in [-0.15, -0.1) is 11.6 Å². The van der Waals surface area contributed by atoms with Crippen molar-refractivity contribution in [3.8, 4) is 0 Å². The lowest BCUT2D eigenvalue weighted by molar-refractivity contribution is 0.313. The zero-order chi connectivity index (χ0) is 7.30. The molecule has 1 aliphatic heterocycles. The molecule has 58 valence electrons. The van der Waals surface area contributed by atoms with Crippen LogP contribution in [0.1, 0.15) is 13.3 Å². The average Bonchev–Trinajstić information content (AvgIpc) is 2.42. The number of nitrogens with one attached hydrogen (secondary N) is 1. The van der Waals surface area contributed by atoms with Crippen LogP contribution in [0.15, 0.2) is 0 Å². The van der Waals surface area contributed by atoms with Crippen LogP contribution in [0.3, 0.4) is 0 Å². The number of hydrogen-bond donors (Lipinski definition) is 2. The Labute approximate surface area is 66.1 Å². The maximum atomic E-state index is 6.00. The van der Waals surface area contributed by atoms with E-state index in [0.717, 1.165) is 6.42 Å². The Morgan fingerprint density at radius 3 is 2.90 bits per heavy atom. The summed E-state index contributed by atoms with van der Waals surface area (Å²) in [6, 6.07) is 0.514. The van der Waals surface area contributed by atoms with Crippen molar-refractivity contribution in [1.82, 2.24) is 5.32 Å². The summed E-state index contributed by atoms with van der Waals surface area (Å²) in [5.74, 6) is 1.41. The molecule has 0 spiro atoms. The number of fused-ring (bicyclic) bond motifs is 1. The van der Waals surface area contributed by atoms with Crippen LogP contribution in [0.5, 0.6) is 0 Å². The zero-order valence-electron chi connectivity index (χ0n) is 6.05. The van der Waals surface area contributed by atoms with Crippen molar-refractivity contribution in [2.24, 2.45) is 17.6 Å². The molecule has 1 saturated carbocycles. The summed E-state index contributed by atoms with van der Waals surface area (Å²) in [6.45, 7) is 2.24. The lowest BCUT2D eigenvalue weighted by atomic mass is 9.97. The molecule has 1 heterocycles. The van der Waals surface area contributed by atoms with Crippen LogP contribution >= 0.6 is 11.6 Å². The molecule has 0 amide bonds. The fourth-order valence-corrected chi connectivity index (χ4v) is 2.60. The third kappa shape index (κ3) is 0.865. The average molecular weight is 161 g/mol. The van der Waals surface area contributed by atoms with E-state index in [1.54, 1.807) is 0 Å². The Morgan fingerprint density at radius 1 is 1.60 bits per heavy atom. The lowest BCUT2D eigenvalue weighted by Crippen LogP contribution is -2.44. The van der Waals surface area contributed by atoms with E-state index in [2.05, 4.69) is 12.2 Å². The van der Waals surface area contributed by atoms with Gasteiger partial charge in [0.1, 0.15) is 0 Å². The van der Waals surface area contributed by atoms with E-state index in [9.17, 15) is 0 Å². The minimum absolute atomic E-state index is 0.181. The molecule has 3 N–H and O–H groups in total. The van der Waals surface area contributed by atoms with Gasteiger partial charge in [-0.2, -0.15) is 0 Å². The van der Waals surface area contributed by atoms with Crippen LogP contribution in [0, 0.1) is 11.8 Å². The van der Waals surface area contributed by atoms with E-state index in [-0.39, 0.29) is 6.17 Å². The summed E-state index contributed by atoms with van der Waals surface area (Å²) in [4.78, 5) is 0. The van der Waals surface area contributed by atoms with Crippen LogP contribution in [-0.4, -0.2) is 17.6 Å². The Hall–Kier alpha value is 0.210. The Kier molecular flexibility index (Phi) is 1.44. The molecule has 10 heavy (non-hydrogen) atoms. The van der Waals surface area contributed by atoms with Crippen molar-refractivity contribution in [1.29, 1.82) is 0 Å². The largest absolute Gasteiger partial charge is 0.316 e.